The molecule has 0 aliphatic carbocycles. The Balaban J connectivity index is 3.62. The zero-order chi connectivity index (χ0) is 7.33. The van der Waals surface area contributed by atoms with E-state index in [1.807, 2.05) is 0 Å². The zero-order valence-corrected chi connectivity index (χ0v) is 7.07. The van der Waals surface area contributed by atoms with Gasteiger partial charge in [0, 0.05) is 12.1 Å². The van der Waals surface area contributed by atoms with Crippen molar-refractivity contribution in [2.45, 2.75) is 46.1 Å². The molecule has 0 atom stereocenters. The van der Waals surface area contributed by atoms with Gasteiger partial charge < -0.3 is 0 Å². The summed E-state index contributed by atoms with van der Waals surface area (Å²) in [5.74, 6) is 0. The molecule has 0 unspecified atom stereocenters. The first-order valence-corrected chi connectivity index (χ1v) is 3.87. The van der Waals surface area contributed by atoms with Gasteiger partial charge in [-0.3, -0.25) is 0 Å². The van der Waals surface area contributed by atoms with E-state index in [-0.39, 0.29) is 5.54 Å². The van der Waals surface area contributed by atoms with Crippen molar-refractivity contribution in [3.8, 4) is 0 Å². The molecule has 0 spiro atoms. The second-order valence-corrected chi connectivity index (χ2v) is 2.68. The second-order valence-electron chi connectivity index (χ2n) is 2.68. The van der Waals surface area contributed by atoms with Gasteiger partial charge in [0.1, 0.15) is 0 Å². The molecule has 1 heteroatoms. The Kier molecular flexibility index (Phi) is 3.87. The zero-order valence-electron chi connectivity index (χ0n) is 7.07. The first kappa shape index (κ1) is 8.96. The van der Waals surface area contributed by atoms with Gasteiger partial charge in [0.15, 0.2) is 0 Å². The Morgan fingerprint density at radius 3 is 1.67 bits per heavy atom. The SMILES string of the molecule is CC[N]C(C)(CC)CC. The molecular weight excluding hydrogens is 110 g/mol. The fourth-order valence-electron chi connectivity index (χ4n) is 0.855. The molecule has 9 heavy (non-hydrogen) atoms. The molecular formula is C8H18N. The van der Waals surface area contributed by atoms with Crippen molar-refractivity contribution in [1.29, 1.82) is 0 Å². The summed E-state index contributed by atoms with van der Waals surface area (Å²) in [7, 11) is 0. The molecule has 0 amide bonds. The van der Waals surface area contributed by atoms with Crippen molar-refractivity contribution in [3.63, 3.8) is 0 Å². The van der Waals surface area contributed by atoms with E-state index in [1.54, 1.807) is 0 Å². The summed E-state index contributed by atoms with van der Waals surface area (Å²) in [5, 5.41) is 4.49. The van der Waals surface area contributed by atoms with E-state index in [4.69, 9.17) is 0 Å². The Labute approximate surface area is 58.8 Å². The van der Waals surface area contributed by atoms with Crippen LogP contribution in [0.3, 0.4) is 0 Å². The van der Waals surface area contributed by atoms with Crippen molar-refractivity contribution in [3.05, 3.63) is 0 Å². The van der Waals surface area contributed by atoms with Gasteiger partial charge in [-0.05, 0) is 19.8 Å². The summed E-state index contributed by atoms with van der Waals surface area (Å²) in [6, 6.07) is 0. The van der Waals surface area contributed by atoms with E-state index >= 15 is 0 Å². The maximum atomic E-state index is 4.49. The molecule has 0 aliphatic rings. The van der Waals surface area contributed by atoms with Crippen LogP contribution in [0, 0.1) is 0 Å². The van der Waals surface area contributed by atoms with Crippen LogP contribution in [0.25, 0.3) is 0 Å². The van der Waals surface area contributed by atoms with Crippen LogP contribution in [0.5, 0.6) is 0 Å². The van der Waals surface area contributed by atoms with Gasteiger partial charge in [-0.25, -0.2) is 5.32 Å². The third kappa shape index (κ3) is 2.85. The van der Waals surface area contributed by atoms with Crippen molar-refractivity contribution in [1.82, 2.24) is 5.32 Å². The summed E-state index contributed by atoms with van der Waals surface area (Å²) in [5.41, 5.74) is 0.259. The van der Waals surface area contributed by atoms with E-state index in [2.05, 4.69) is 33.0 Å². The van der Waals surface area contributed by atoms with Crippen LogP contribution >= 0.6 is 0 Å². The Morgan fingerprint density at radius 1 is 1.11 bits per heavy atom. The molecule has 0 aliphatic heterocycles. The van der Waals surface area contributed by atoms with Crippen molar-refractivity contribution in [2.24, 2.45) is 0 Å². The highest BCUT2D eigenvalue weighted by Crippen LogP contribution is 2.13. The minimum atomic E-state index is 0.259. The number of hydrogen-bond acceptors (Lipinski definition) is 0. The lowest BCUT2D eigenvalue weighted by atomic mass is 9.96. The number of hydrogen-bond donors (Lipinski definition) is 0. The first-order valence-electron chi connectivity index (χ1n) is 3.87. The smallest absolute Gasteiger partial charge is 0.0323 e. The van der Waals surface area contributed by atoms with Crippen molar-refractivity contribution >= 4 is 0 Å². The number of rotatable bonds is 4. The van der Waals surface area contributed by atoms with Crippen LogP contribution in [0.1, 0.15) is 40.5 Å². The first-order chi connectivity index (χ1) is 4.18. The Bertz CT molecular complexity index is 65.0. The molecule has 1 radical (unpaired) electrons. The van der Waals surface area contributed by atoms with E-state index in [0.29, 0.717) is 0 Å². The monoisotopic (exact) mass is 128 g/mol. The van der Waals surface area contributed by atoms with E-state index < -0.39 is 0 Å². The third-order valence-electron chi connectivity index (χ3n) is 2.06. The summed E-state index contributed by atoms with van der Waals surface area (Å²) in [6.07, 6.45) is 2.33. The van der Waals surface area contributed by atoms with Crippen LogP contribution in [0.2, 0.25) is 0 Å². The highest BCUT2D eigenvalue weighted by molar-refractivity contribution is 4.77. The van der Waals surface area contributed by atoms with E-state index in [0.717, 1.165) is 19.4 Å². The molecule has 55 valence electrons. The molecule has 0 aromatic carbocycles. The molecule has 1 nitrogen and oxygen atoms in total. The molecule has 0 rings (SSSR count). The summed E-state index contributed by atoms with van der Waals surface area (Å²) in [6.45, 7) is 9.67. The number of nitrogens with zero attached hydrogens (tertiary/aromatic N) is 1. The summed E-state index contributed by atoms with van der Waals surface area (Å²) >= 11 is 0. The lowest BCUT2D eigenvalue weighted by molar-refractivity contribution is 0.332. The van der Waals surface area contributed by atoms with Crippen LogP contribution in [-0.2, 0) is 0 Å². The van der Waals surface area contributed by atoms with Gasteiger partial charge in [0.2, 0.25) is 0 Å². The minimum absolute atomic E-state index is 0.259. The summed E-state index contributed by atoms with van der Waals surface area (Å²) in [4.78, 5) is 0. The van der Waals surface area contributed by atoms with Gasteiger partial charge in [-0.1, -0.05) is 20.8 Å². The van der Waals surface area contributed by atoms with Gasteiger partial charge in [-0.2, -0.15) is 0 Å². The molecule has 0 aromatic rings. The Morgan fingerprint density at radius 2 is 1.56 bits per heavy atom. The highest BCUT2D eigenvalue weighted by atomic mass is 14.9. The largest absolute Gasteiger partial charge is 0.236 e. The van der Waals surface area contributed by atoms with Crippen LogP contribution in [0.4, 0.5) is 0 Å². The molecule has 0 fully saturated rings. The standard InChI is InChI=1S/C8H18N/c1-5-8(4,6-2)9-7-3/h5-7H2,1-4H3. The van der Waals surface area contributed by atoms with Gasteiger partial charge in [0.05, 0.1) is 0 Å². The molecule has 0 saturated heterocycles. The van der Waals surface area contributed by atoms with Crippen molar-refractivity contribution in [2.75, 3.05) is 6.54 Å². The Hall–Kier alpha value is -0.0400. The molecule has 0 aromatic heterocycles. The summed E-state index contributed by atoms with van der Waals surface area (Å²) < 4.78 is 0. The second kappa shape index (κ2) is 3.89. The lowest BCUT2D eigenvalue weighted by Crippen LogP contribution is -2.34. The maximum Gasteiger partial charge on any atom is 0.0323 e. The third-order valence-corrected chi connectivity index (χ3v) is 2.06. The average molecular weight is 128 g/mol. The average Bonchev–Trinajstić information content (AvgIpc) is 1.89. The van der Waals surface area contributed by atoms with E-state index in [1.165, 1.54) is 0 Å². The van der Waals surface area contributed by atoms with Gasteiger partial charge in [0.25, 0.3) is 0 Å². The highest BCUT2D eigenvalue weighted by Gasteiger charge is 2.17. The lowest BCUT2D eigenvalue weighted by Gasteiger charge is -2.25. The van der Waals surface area contributed by atoms with Crippen LogP contribution < -0.4 is 5.32 Å². The predicted octanol–water partition coefficient (Wildman–Crippen LogP) is 2.19. The minimum Gasteiger partial charge on any atom is -0.236 e. The molecule has 0 N–H and O–H groups in total. The van der Waals surface area contributed by atoms with Gasteiger partial charge in [-0.15, -0.1) is 0 Å². The normalized spacial score (nSPS) is 12.0. The fraction of sp³-hybridized carbons (Fsp3) is 1.00. The van der Waals surface area contributed by atoms with Crippen LogP contribution in [0.15, 0.2) is 0 Å². The molecule has 0 saturated carbocycles. The van der Waals surface area contributed by atoms with Crippen LogP contribution in [-0.4, -0.2) is 12.1 Å². The topological polar surface area (TPSA) is 14.1 Å². The van der Waals surface area contributed by atoms with Gasteiger partial charge >= 0.3 is 0 Å². The van der Waals surface area contributed by atoms with Crippen molar-refractivity contribution < 1.29 is 0 Å². The fourth-order valence-corrected chi connectivity index (χ4v) is 0.855. The molecule has 0 heterocycles. The quantitative estimate of drug-likeness (QED) is 0.551. The molecule has 0 bridgehead atoms. The predicted molar refractivity (Wildman–Crippen MR) is 41.7 cm³/mol. The van der Waals surface area contributed by atoms with E-state index in [9.17, 15) is 0 Å². The maximum absolute atomic E-state index is 4.49.